The van der Waals surface area contributed by atoms with Gasteiger partial charge in [-0.15, -0.1) is 0 Å². The van der Waals surface area contributed by atoms with E-state index in [9.17, 15) is 18.4 Å². The standard InChI is InChI=1S/C18H11ClF2N6O3/c19-18(20,21)17-26-16(27-30-17)10-3-1-9(2-4-10)5-24-12-13(15(29)14(12)28)25-11-6-22-8-23-7-11/h1-4,6-8,24-25H,5H2. The number of aromatic nitrogens is 4. The van der Waals surface area contributed by atoms with Crippen LogP contribution < -0.4 is 21.5 Å². The number of halogens is 3. The summed E-state index contributed by atoms with van der Waals surface area (Å²) in [5.74, 6) is -1.03. The van der Waals surface area contributed by atoms with Crippen molar-refractivity contribution in [1.82, 2.24) is 20.1 Å². The molecule has 0 aliphatic carbocycles. The van der Waals surface area contributed by atoms with E-state index in [1.54, 1.807) is 24.3 Å². The second-order valence-electron chi connectivity index (χ2n) is 6.13. The van der Waals surface area contributed by atoms with Crippen molar-refractivity contribution in [3.05, 3.63) is 74.9 Å². The van der Waals surface area contributed by atoms with Crippen LogP contribution in [0.2, 0.25) is 0 Å². The van der Waals surface area contributed by atoms with Gasteiger partial charge in [-0.1, -0.05) is 29.4 Å². The molecule has 4 aromatic rings. The smallest absolute Gasteiger partial charge is 0.376 e. The second-order valence-corrected chi connectivity index (χ2v) is 6.61. The Morgan fingerprint density at radius 2 is 1.70 bits per heavy atom. The third kappa shape index (κ3) is 3.87. The maximum Gasteiger partial charge on any atom is 0.400 e. The lowest BCUT2D eigenvalue weighted by molar-refractivity contribution is 0.0551. The molecule has 30 heavy (non-hydrogen) atoms. The largest absolute Gasteiger partial charge is 0.400 e. The number of benzene rings is 1. The Kier molecular flexibility index (Phi) is 4.96. The molecule has 152 valence electrons. The zero-order valence-corrected chi connectivity index (χ0v) is 15.7. The van der Waals surface area contributed by atoms with Gasteiger partial charge in [-0.05, 0) is 17.2 Å². The normalized spacial score (nSPS) is 11.6. The molecule has 0 aliphatic heterocycles. The molecule has 0 radical (unpaired) electrons. The first-order chi connectivity index (χ1) is 14.3. The van der Waals surface area contributed by atoms with Crippen molar-refractivity contribution in [2.45, 2.75) is 11.9 Å². The Bertz CT molecular complexity index is 1250. The molecule has 2 aromatic heterocycles. The number of hydrogen-bond acceptors (Lipinski definition) is 9. The first-order valence-electron chi connectivity index (χ1n) is 8.42. The number of hydrogen-bond donors (Lipinski definition) is 2. The van der Waals surface area contributed by atoms with Crippen molar-refractivity contribution in [1.29, 1.82) is 0 Å². The number of nitrogens with one attached hydrogen (secondary N) is 2. The molecule has 0 spiro atoms. The van der Waals surface area contributed by atoms with Gasteiger partial charge in [0.2, 0.25) is 5.82 Å². The number of anilines is 3. The number of nitrogens with zero attached hydrogens (tertiary/aromatic N) is 4. The van der Waals surface area contributed by atoms with Gasteiger partial charge in [0.1, 0.15) is 17.7 Å². The van der Waals surface area contributed by atoms with Gasteiger partial charge >= 0.3 is 11.3 Å². The molecular weight excluding hydrogens is 422 g/mol. The molecule has 0 aliphatic rings. The van der Waals surface area contributed by atoms with Gasteiger partial charge in [-0.3, -0.25) is 9.59 Å². The summed E-state index contributed by atoms with van der Waals surface area (Å²) in [6.45, 7) is 0.238. The average Bonchev–Trinajstić information content (AvgIpc) is 3.25. The van der Waals surface area contributed by atoms with E-state index in [-0.39, 0.29) is 23.7 Å². The summed E-state index contributed by atoms with van der Waals surface area (Å²) in [6.07, 6.45) is 4.28. The molecule has 0 saturated heterocycles. The minimum absolute atomic E-state index is 0.0381. The summed E-state index contributed by atoms with van der Waals surface area (Å²) in [4.78, 5) is 34.9. The fraction of sp³-hybridized carbons (Fsp3) is 0.111. The molecule has 0 atom stereocenters. The molecule has 0 unspecified atom stereocenters. The zero-order chi connectivity index (χ0) is 21.3. The fourth-order valence-corrected chi connectivity index (χ4v) is 2.68. The van der Waals surface area contributed by atoms with E-state index in [1.807, 2.05) is 0 Å². The minimum Gasteiger partial charge on any atom is -0.376 e. The molecule has 0 saturated carbocycles. The second kappa shape index (κ2) is 7.59. The predicted octanol–water partition coefficient (Wildman–Crippen LogP) is 2.77. The Morgan fingerprint density at radius 1 is 1.03 bits per heavy atom. The third-order valence-corrected chi connectivity index (χ3v) is 4.25. The Balaban J connectivity index is 1.44. The van der Waals surface area contributed by atoms with E-state index in [0.717, 1.165) is 5.56 Å². The topological polar surface area (TPSA) is 123 Å². The van der Waals surface area contributed by atoms with Crippen LogP contribution in [-0.4, -0.2) is 20.1 Å². The predicted molar refractivity (Wildman–Crippen MR) is 103 cm³/mol. The van der Waals surface area contributed by atoms with Crippen LogP contribution in [0.15, 0.2) is 57.1 Å². The van der Waals surface area contributed by atoms with Crippen LogP contribution in [-0.2, 0) is 11.9 Å². The van der Waals surface area contributed by atoms with E-state index in [4.69, 9.17) is 11.6 Å². The minimum atomic E-state index is -3.74. The molecule has 2 heterocycles. The van der Waals surface area contributed by atoms with Crippen LogP contribution in [0, 0.1) is 0 Å². The highest BCUT2D eigenvalue weighted by molar-refractivity contribution is 6.21. The van der Waals surface area contributed by atoms with Gasteiger partial charge in [0.15, 0.2) is 0 Å². The summed E-state index contributed by atoms with van der Waals surface area (Å²) < 4.78 is 30.4. The third-order valence-electron chi connectivity index (χ3n) is 4.09. The summed E-state index contributed by atoms with van der Waals surface area (Å²) in [7, 11) is 0. The Hall–Kier alpha value is -3.73. The highest BCUT2D eigenvalue weighted by Crippen LogP contribution is 2.32. The van der Waals surface area contributed by atoms with E-state index in [2.05, 4.69) is 35.3 Å². The van der Waals surface area contributed by atoms with Gasteiger partial charge in [0.05, 0.1) is 18.1 Å². The van der Waals surface area contributed by atoms with Crippen molar-refractivity contribution in [2.75, 3.05) is 10.6 Å². The van der Waals surface area contributed by atoms with E-state index in [1.165, 1.54) is 18.7 Å². The van der Waals surface area contributed by atoms with Gasteiger partial charge in [-0.2, -0.15) is 13.8 Å². The molecular formula is C18H11ClF2N6O3. The first-order valence-corrected chi connectivity index (χ1v) is 8.80. The van der Waals surface area contributed by atoms with E-state index < -0.39 is 22.1 Å². The van der Waals surface area contributed by atoms with Crippen LogP contribution in [0.3, 0.4) is 0 Å². The van der Waals surface area contributed by atoms with Crippen LogP contribution in [0.4, 0.5) is 25.8 Å². The van der Waals surface area contributed by atoms with Crippen molar-refractivity contribution in [3.8, 4) is 11.4 Å². The lowest BCUT2D eigenvalue weighted by Crippen LogP contribution is -2.36. The maximum absolute atomic E-state index is 13.0. The molecule has 12 heteroatoms. The molecule has 2 aromatic carbocycles. The first kappa shape index (κ1) is 19.6. The maximum atomic E-state index is 13.0. The fourth-order valence-electron chi connectivity index (χ4n) is 2.61. The van der Waals surface area contributed by atoms with Crippen LogP contribution in [0.5, 0.6) is 0 Å². The van der Waals surface area contributed by atoms with Gasteiger partial charge in [0, 0.05) is 12.1 Å². The quantitative estimate of drug-likeness (QED) is 0.335. The van der Waals surface area contributed by atoms with Gasteiger partial charge < -0.3 is 15.2 Å². The molecule has 0 amide bonds. The SMILES string of the molecule is O=c1c(NCc2ccc(-c3noc(C(F)(F)Cl)n3)cc2)c(Nc2cncnc2)c1=O. The van der Waals surface area contributed by atoms with Crippen molar-refractivity contribution < 1.29 is 13.3 Å². The monoisotopic (exact) mass is 432 g/mol. The number of rotatable bonds is 7. The Morgan fingerprint density at radius 3 is 2.33 bits per heavy atom. The average molecular weight is 433 g/mol. The van der Waals surface area contributed by atoms with Crippen molar-refractivity contribution >= 4 is 28.7 Å². The molecule has 4 rings (SSSR count). The van der Waals surface area contributed by atoms with Crippen LogP contribution >= 0.6 is 11.6 Å². The van der Waals surface area contributed by atoms with Gasteiger partial charge in [-0.25, -0.2) is 9.97 Å². The van der Waals surface area contributed by atoms with E-state index in [0.29, 0.717) is 11.3 Å². The summed E-state index contributed by atoms with van der Waals surface area (Å²) in [5, 5.41) is 5.45. The van der Waals surface area contributed by atoms with E-state index >= 15 is 0 Å². The molecule has 0 fully saturated rings. The summed E-state index contributed by atoms with van der Waals surface area (Å²) >= 11 is 4.85. The van der Waals surface area contributed by atoms with Crippen molar-refractivity contribution in [3.63, 3.8) is 0 Å². The highest BCUT2D eigenvalue weighted by atomic mass is 35.5. The lowest BCUT2D eigenvalue weighted by Gasteiger charge is -2.14. The highest BCUT2D eigenvalue weighted by Gasteiger charge is 2.35. The van der Waals surface area contributed by atoms with Crippen LogP contribution in [0.25, 0.3) is 11.4 Å². The Labute approximate surface area is 171 Å². The summed E-state index contributed by atoms with van der Waals surface area (Å²) in [5.41, 5.74) is 0.683. The van der Waals surface area contributed by atoms with Crippen LogP contribution in [0.1, 0.15) is 11.5 Å². The number of alkyl halides is 3. The molecule has 2 N–H and O–H groups in total. The summed E-state index contributed by atoms with van der Waals surface area (Å²) in [6, 6.07) is 6.56. The molecule has 9 nitrogen and oxygen atoms in total. The zero-order valence-electron chi connectivity index (χ0n) is 14.9. The lowest BCUT2D eigenvalue weighted by atomic mass is 10.1. The van der Waals surface area contributed by atoms with Gasteiger partial charge in [0.25, 0.3) is 10.9 Å². The van der Waals surface area contributed by atoms with Crippen molar-refractivity contribution in [2.24, 2.45) is 0 Å². The molecule has 0 bridgehead atoms.